The molecule has 1 fully saturated rings. The van der Waals surface area contributed by atoms with Crippen molar-refractivity contribution in [1.29, 1.82) is 0 Å². The number of hydrogen-bond donors (Lipinski definition) is 2. The fourth-order valence-corrected chi connectivity index (χ4v) is 5.12. The minimum atomic E-state index is -4.93. The molecule has 1 saturated heterocycles. The Labute approximate surface area is 196 Å². The van der Waals surface area contributed by atoms with Crippen molar-refractivity contribution in [1.82, 2.24) is 9.29 Å². The second-order valence-electron chi connectivity index (χ2n) is 7.72. The van der Waals surface area contributed by atoms with Gasteiger partial charge in [0.1, 0.15) is 16.8 Å². The zero-order valence-corrected chi connectivity index (χ0v) is 19.4. The van der Waals surface area contributed by atoms with E-state index in [2.05, 4.69) is 21.6 Å². The molecule has 2 aromatic rings. The zero-order chi connectivity index (χ0) is 25.1. The van der Waals surface area contributed by atoms with Crippen molar-refractivity contribution in [3.63, 3.8) is 0 Å². The number of halogens is 3. The Morgan fingerprint density at radius 3 is 2.41 bits per heavy atom. The third kappa shape index (κ3) is 4.97. The topological polar surface area (TPSA) is 109 Å². The van der Waals surface area contributed by atoms with Crippen molar-refractivity contribution in [2.75, 3.05) is 44.0 Å². The molecule has 1 aromatic heterocycles. The van der Waals surface area contributed by atoms with Gasteiger partial charge in [-0.25, -0.2) is 13.4 Å². The van der Waals surface area contributed by atoms with E-state index in [1.165, 1.54) is 46.9 Å². The summed E-state index contributed by atoms with van der Waals surface area (Å²) in [5.74, 6) is 5.95. The van der Waals surface area contributed by atoms with E-state index < -0.39 is 34.4 Å². The van der Waals surface area contributed by atoms with E-state index in [9.17, 15) is 26.7 Å². The maximum Gasteiger partial charge on any atom is 0.423 e. The van der Waals surface area contributed by atoms with Gasteiger partial charge in [-0.05, 0) is 36.8 Å². The quantitative estimate of drug-likeness (QED) is 0.586. The highest BCUT2D eigenvalue weighted by Gasteiger charge is 2.55. The van der Waals surface area contributed by atoms with Crippen LogP contribution in [0.2, 0.25) is 0 Å². The van der Waals surface area contributed by atoms with Gasteiger partial charge in [-0.3, -0.25) is 0 Å². The van der Waals surface area contributed by atoms with Crippen LogP contribution < -0.4 is 10.6 Å². The van der Waals surface area contributed by atoms with Gasteiger partial charge in [0.05, 0.1) is 6.61 Å². The lowest BCUT2D eigenvalue weighted by molar-refractivity contribution is -0.280. The lowest BCUT2D eigenvalue weighted by atomic mass is 9.93. The summed E-state index contributed by atoms with van der Waals surface area (Å²) in [5.41, 5.74) is 2.58. The number of pyridine rings is 1. The van der Waals surface area contributed by atoms with Crippen LogP contribution >= 0.6 is 0 Å². The predicted molar refractivity (Wildman–Crippen MR) is 120 cm³/mol. The predicted octanol–water partition coefficient (Wildman–Crippen LogP) is 1.96. The molecule has 34 heavy (non-hydrogen) atoms. The lowest BCUT2D eigenvalue weighted by Crippen LogP contribution is -2.54. The van der Waals surface area contributed by atoms with E-state index in [4.69, 9.17) is 5.73 Å². The number of nitrogens with two attached hydrogens (primary N) is 1. The van der Waals surface area contributed by atoms with Gasteiger partial charge < -0.3 is 20.5 Å². The van der Waals surface area contributed by atoms with Crippen molar-refractivity contribution < 1.29 is 31.4 Å². The molecule has 0 saturated carbocycles. The Kier molecular flexibility index (Phi) is 7.42. The molecule has 3 rings (SSSR count). The number of aromatic nitrogens is 1. The van der Waals surface area contributed by atoms with Crippen LogP contribution in [0.25, 0.3) is 0 Å². The molecule has 1 aliphatic rings. The van der Waals surface area contributed by atoms with E-state index >= 15 is 0 Å². The van der Waals surface area contributed by atoms with E-state index in [1.807, 2.05) is 4.90 Å². The Balaban J connectivity index is 1.86. The Morgan fingerprint density at radius 2 is 1.88 bits per heavy atom. The average Bonchev–Trinajstić information content (AvgIpc) is 2.79. The minimum Gasteiger partial charge on any atom is -0.384 e. The minimum absolute atomic E-state index is 0.00675. The molecular formula is C22H25F3N4O4S. The molecule has 1 aromatic carbocycles. The first-order chi connectivity index (χ1) is 15.9. The second kappa shape index (κ2) is 9.79. The summed E-state index contributed by atoms with van der Waals surface area (Å²) < 4.78 is 72.4. The highest BCUT2D eigenvalue weighted by atomic mass is 32.2. The smallest absolute Gasteiger partial charge is 0.384 e. The Morgan fingerprint density at radius 1 is 1.21 bits per heavy atom. The van der Waals surface area contributed by atoms with Gasteiger partial charge in [0, 0.05) is 38.6 Å². The number of aliphatic hydroxyl groups is 1. The van der Waals surface area contributed by atoms with Crippen LogP contribution in [0.1, 0.15) is 12.5 Å². The third-order valence-corrected chi connectivity index (χ3v) is 7.40. The maximum atomic E-state index is 13.5. The SMILES string of the molecule is CC#C[C@H]1CN(S(=O)(=O)c2ccc(N)nc2)CCN1c1ccc(C(O)(COC)C(F)(F)F)cc1. The number of methoxy groups -OCH3 is 1. The molecule has 3 N–H and O–H groups in total. The highest BCUT2D eigenvalue weighted by molar-refractivity contribution is 7.89. The molecule has 0 aliphatic carbocycles. The molecule has 1 unspecified atom stereocenters. The molecule has 2 atom stereocenters. The molecule has 0 spiro atoms. The van der Waals surface area contributed by atoms with Crippen LogP contribution in [0.3, 0.4) is 0 Å². The summed E-state index contributed by atoms with van der Waals surface area (Å²) in [4.78, 5) is 5.66. The van der Waals surface area contributed by atoms with E-state index in [1.54, 1.807) is 6.92 Å². The fraction of sp³-hybridized carbons (Fsp3) is 0.409. The van der Waals surface area contributed by atoms with Gasteiger partial charge in [-0.1, -0.05) is 18.1 Å². The first kappa shape index (κ1) is 25.8. The van der Waals surface area contributed by atoms with E-state index in [-0.39, 0.29) is 35.9 Å². The highest BCUT2D eigenvalue weighted by Crippen LogP contribution is 2.40. The molecular weight excluding hydrogens is 473 g/mol. The number of sulfonamides is 1. The summed E-state index contributed by atoms with van der Waals surface area (Å²) in [6.45, 7) is 1.10. The van der Waals surface area contributed by atoms with Crippen LogP contribution in [0.15, 0.2) is 47.5 Å². The van der Waals surface area contributed by atoms with Gasteiger partial charge in [0.15, 0.2) is 0 Å². The molecule has 12 heteroatoms. The van der Waals surface area contributed by atoms with Crippen LogP contribution in [-0.2, 0) is 20.4 Å². The monoisotopic (exact) mass is 498 g/mol. The average molecular weight is 499 g/mol. The van der Waals surface area contributed by atoms with Gasteiger partial charge in [0.25, 0.3) is 0 Å². The first-order valence-electron chi connectivity index (χ1n) is 10.2. The molecule has 2 heterocycles. The lowest BCUT2D eigenvalue weighted by Gasteiger charge is -2.40. The number of hydrogen-bond acceptors (Lipinski definition) is 7. The number of nitrogens with zero attached hydrogens (tertiary/aromatic N) is 3. The van der Waals surface area contributed by atoms with Crippen LogP contribution in [0.4, 0.5) is 24.7 Å². The van der Waals surface area contributed by atoms with Crippen molar-refractivity contribution in [2.45, 2.75) is 29.6 Å². The van der Waals surface area contributed by atoms with Crippen molar-refractivity contribution in [3.05, 3.63) is 48.2 Å². The molecule has 0 amide bonds. The maximum absolute atomic E-state index is 13.5. The summed E-state index contributed by atoms with van der Waals surface area (Å²) >= 11 is 0. The Bertz CT molecular complexity index is 1160. The summed E-state index contributed by atoms with van der Waals surface area (Å²) in [6.07, 6.45) is -3.74. The summed E-state index contributed by atoms with van der Waals surface area (Å²) in [6, 6.07) is 7.50. The van der Waals surface area contributed by atoms with Gasteiger partial charge in [-0.2, -0.15) is 17.5 Å². The molecule has 1 aliphatic heterocycles. The number of benzene rings is 1. The number of piperazine rings is 1. The molecule has 8 nitrogen and oxygen atoms in total. The standard InChI is InChI=1S/C22H25F3N4O4S/c1-3-4-18-14-28(34(31,32)19-9-10-20(26)27-13-19)11-12-29(18)17-7-5-16(6-8-17)21(30,15-33-2)22(23,24)25/h5-10,13,18,30H,11-12,14-15H2,1-2H3,(H2,26,27)/t18-,21?/m0/s1. The van der Waals surface area contributed by atoms with E-state index in [0.717, 1.165) is 7.11 Å². The molecule has 184 valence electrons. The Hall–Kier alpha value is -2.85. The number of anilines is 2. The van der Waals surface area contributed by atoms with E-state index in [0.29, 0.717) is 5.69 Å². The third-order valence-electron chi connectivity index (χ3n) is 5.55. The largest absolute Gasteiger partial charge is 0.423 e. The zero-order valence-electron chi connectivity index (χ0n) is 18.6. The van der Waals surface area contributed by atoms with Crippen molar-refractivity contribution in [2.24, 2.45) is 0 Å². The van der Waals surface area contributed by atoms with Crippen LogP contribution in [0, 0.1) is 11.8 Å². The van der Waals surface area contributed by atoms with Gasteiger partial charge in [-0.15, -0.1) is 5.92 Å². The van der Waals surface area contributed by atoms with Gasteiger partial charge in [0.2, 0.25) is 15.6 Å². The number of ether oxygens (including phenoxy) is 1. The summed E-state index contributed by atoms with van der Waals surface area (Å²) in [7, 11) is -2.76. The van der Waals surface area contributed by atoms with Gasteiger partial charge >= 0.3 is 6.18 Å². The number of nitrogen functional groups attached to an aromatic ring is 1. The van der Waals surface area contributed by atoms with Crippen LogP contribution in [0.5, 0.6) is 0 Å². The number of alkyl halides is 3. The molecule has 0 radical (unpaired) electrons. The summed E-state index contributed by atoms with van der Waals surface area (Å²) in [5, 5.41) is 10.2. The molecule has 0 bridgehead atoms. The first-order valence-corrected chi connectivity index (χ1v) is 11.7. The van der Waals surface area contributed by atoms with Crippen molar-refractivity contribution >= 4 is 21.5 Å². The number of rotatable bonds is 6. The van der Waals surface area contributed by atoms with Crippen LogP contribution in [-0.4, -0.2) is 68.4 Å². The van der Waals surface area contributed by atoms with Crippen molar-refractivity contribution in [3.8, 4) is 11.8 Å². The normalized spacial score (nSPS) is 19.2. The second-order valence-corrected chi connectivity index (χ2v) is 9.66. The fourth-order valence-electron chi connectivity index (χ4n) is 3.74.